The van der Waals surface area contributed by atoms with Crippen molar-refractivity contribution in [3.63, 3.8) is 0 Å². The standard InChI is InChI=1S/C15H12FN3O/c16-10-2-1-3-12(8-10)18-15(20)14-7-9-6-11(17)4-5-13(9)19-14/h1-8,19H,17H2,(H,18,20). The molecule has 1 aromatic heterocycles. The quantitative estimate of drug-likeness (QED) is 0.625. The predicted molar refractivity (Wildman–Crippen MR) is 77.1 cm³/mol. The molecule has 0 saturated carbocycles. The number of carbonyl (C=O) groups excluding carboxylic acids is 1. The van der Waals surface area contributed by atoms with Gasteiger partial charge in [-0.1, -0.05) is 6.07 Å². The highest BCUT2D eigenvalue weighted by Crippen LogP contribution is 2.19. The summed E-state index contributed by atoms with van der Waals surface area (Å²) < 4.78 is 13.1. The van der Waals surface area contributed by atoms with Crippen LogP contribution >= 0.6 is 0 Å². The number of rotatable bonds is 2. The first kappa shape index (κ1) is 12.2. The van der Waals surface area contributed by atoms with E-state index in [0.717, 1.165) is 10.9 Å². The molecule has 0 aliphatic rings. The van der Waals surface area contributed by atoms with Gasteiger partial charge in [-0.25, -0.2) is 4.39 Å². The monoisotopic (exact) mass is 269 g/mol. The van der Waals surface area contributed by atoms with Gasteiger partial charge < -0.3 is 16.0 Å². The van der Waals surface area contributed by atoms with Crippen LogP contribution in [-0.2, 0) is 0 Å². The summed E-state index contributed by atoms with van der Waals surface area (Å²) >= 11 is 0. The number of nitrogen functional groups attached to an aromatic ring is 1. The molecule has 0 spiro atoms. The van der Waals surface area contributed by atoms with Crippen molar-refractivity contribution in [1.29, 1.82) is 0 Å². The molecule has 4 nitrogen and oxygen atoms in total. The molecule has 1 heterocycles. The largest absolute Gasteiger partial charge is 0.399 e. The van der Waals surface area contributed by atoms with E-state index in [1.54, 1.807) is 24.3 Å². The number of aromatic amines is 1. The Morgan fingerprint density at radius 2 is 2.00 bits per heavy atom. The maximum Gasteiger partial charge on any atom is 0.272 e. The Kier molecular flexibility index (Phi) is 2.87. The van der Waals surface area contributed by atoms with E-state index in [0.29, 0.717) is 17.1 Å². The number of aromatic nitrogens is 1. The van der Waals surface area contributed by atoms with Crippen LogP contribution in [0.4, 0.5) is 15.8 Å². The summed E-state index contributed by atoms with van der Waals surface area (Å²) in [4.78, 5) is 15.1. The lowest BCUT2D eigenvalue weighted by atomic mass is 10.2. The van der Waals surface area contributed by atoms with Gasteiger partial charge in [0.15, 0.2) is 0 Å². The van der Waals surface area contributed by atoms with Crippen molar-refractivity contribution in [2.45, 2.75) is 0 Å². The highest BCUT2D eigenvalue weighted by atomic mass is 19.1. The molecule has 0 unspecified atom stereocenters. The first-order valence-corrected chi connectivity index (χ1v) is 6.07. The number of hydrogen-bond acceptors (Lipinski definition) is 2. The number of nitrogens with two attached hydrogens (primary N) is 1. The predicted octanol–water partition coefficient (Wildman–Crippen LogP) is 3.14. The highest BCUT2D eigenvalue weighted by Gasteiger charge is 2.10. The van der Waals surface area contributed by atoms with Crippen LogP contribution in [-0.4, -0.2) is 10.9 Å². The Balaban J connectivity index is 1.88. The van der Waals surface area contributed by atoms with Crippen LogP contribution in [0, 0.1) is 5.82 Å². The zero-order chi connectivity index (χ0) is 14.1. The maximum absolute atomic E-state index is 13.1. The van der Waals surface area contributed by atoms with Gasteiger partial charge in [-0.05, 0) is 42.5 Å². The van der Waals surface area contributed by atoms with E-state index < -0.39 is 5.82 Å². The van der Waals surface area contributed by atoms with Crippen molar-refractivity contribution < 1.29 is 9.18 Å². The molecule has 2 aromatic carbocycles. The number of hydrogen-bond donors (Lipinski definition) is 3. The van der Waals surface area contributed by atoms with Gasteiger partial charge in [-0.15, -0.1) is 0 Å². The van der Waals surface area contributed by atoms with Crippen molar-refractivity contribution in [2.75, 3.05) is 11.1 Å². The van der Waals surface area contributed by atoms with Crippen LogP contribution < -0.4 is 11.1 Å². The van der Waals surface area contributed by atoms with Gasteiger partial charge >= 0.3 is 0 Å². The molecular weight excluding hydrogens is 257 g/mol. The number of nitrogens with one attached hydrogen (secondary N) is 2. The van der Waals surface area contributed by atoms with E-state index >= 15 is 0 Å². The second-order valence-corrected chi connectivity index (χ2v) is 4.49. The van der Waals surface area contributed by atoms with Gasteiger partial charge in [0.1, 0.15) is 11.5 Å². The third kappa shape index (κ3) is 2.33. The van der Waals surface area contributed by atoms with E-state index in [9.17, 15) is 9.18 Å². The van der Waals surface area contributed by atoms with Crippen LogP contribution in [0.2, 0.25) is 0 Å². The number of carbonyl (C=O) groups is 1. The van der Waals surface area contributed by atoms with Crippen molar-refractivity contribution in [1.82, 2.24) is 4.98 Å². The van der Waals surface area contributed by atoms with Crippen molar-refractivity contribution in [3.8, 4) is 0 Å². The second-order valence-electron chi connectivity index (χ2n) is 4.49. The summed E-state index contributed by atoms with van der Waals surface area (Å²) in [5.74, 6) is -0.724. The zero-order valence-electron chi connectivity index (χ0n) is 10.5. The molecular formula is C15H12FN3O. The summed E-state index contributed by atoms with van der Waals surface area (Å²) in [6.07, 6.45) is 0. The average molecular weight is 269 g/mol. The summed E-state index contributed by atoms with van der Waals surface area (Å²) in [5.41, 5.74) is 7.96. The Bertz CT molecular complexity index is 795. The SMILES string of the molecule is Nc1ccc2[nH]c(C(=O)Nc3cccc(F)c3)cc2c1. The third-order valence-corrected chi connectivity index (χ3v) is 2.97. The van der Waals surface area contributed by atoms with Gasteiger partial charge in [0, 0.05) is 22.3 Å². The average Bonchev–Trinajstić information content (AvgIpc) is 2.81. The summed E-state index contributed by atoms with van der Waals surface area (Å²) in [7, 11) is 0. The van der Waals surface area contributed by atoms with Gasteiger partial charge in [0.2, 0.25) is 0 Å². The molecule has 5 heteroatoms. The molecule has 0 saturated heterocycles. The van der Waals surface area contributed by atoms with E-state index in [1.165, 1.54) is 18.2 Å². The van der Waals surface area contributed by atoms with Crippen molar-refractivity contribution in [3.05, 3.63) is 60.0 Å². The van der Waals surface area contributed by atoms with Crippen LogP contribution in [0.5, 0.6) is 0 Å². The van der Waals surface area contributed by atoms with E-state index in [1.807, 2.05) is 6.07 Å². The van der Waals surface area contributed by atoms with E-state index in [2.05, 4.69) is 10.3 Å². The molecule has 0 atom stereocenters. The highest BCUT2D eigenvalue weighted by molar-refractivity contribution is 6.06. The minimum atomic E-state index is -0.396. The lowest BCUT2D eigenvalue weighted by Crippen LogP contribution is -2.12. The molecule has 0 bridgehead atoms. The number of H-pyrrole nitrogens is 1. The number of benzene rings is 2. The molecule has 0 aliphatic carbocycles. The third-order valence-electron chi connectivity index (χ3n) is 2.97. The topological polar surface area (TPSA) is 70.9 Å². The number of amides is 1. The van der Waals surface area contributed by atoms with Crippen molar-refractivity contribution in [2.24, 2.45) is 0 Å². The molecule has 1 amide bonds. The first-order chi connectivity index (χ1) is 9.61. The fourth-order valence-corrected chi connectivity index (χ4v) is 2.04. The summed E-state index contributed by atoms with van der Waals surface area (Å²) in [5, 5.41) is 3.49. The van der Waals surface area contributed by atoms with Gasteiger partial charge in [-0.2, -0.15) is 0 Å². The molecule has 3 aromatic rings. The van der Waals surface area contributed by atoms with Crippen molar-refractivity contribution >= 4 is 28.2 Å². The molecule has 0 aliphatic heterocycles. The second kappa shape index (κ2) is 4.70. The molecule has 0 fully saturated rings. The number of fused-ring (bicyclic) bond motifs is 1. The molecule has 100 valence electrons. The minimum Gasteiger partial charge on any atom is -0.399 e. The normalized spacial score (nSPS) is 10.7. The van der Waals surface area contributed by atoms with Gasteiger partial charge in [-0.3, -0.25) is 4.79 Å². The lowest BCUT2D eigenvalue weighted by molar-refractivity contribution is 0.102. The molecule has 0 radical (unpaired) electrons. The Morgan fingerprint density at radius 3 is 2.80 bits per heavy atom. The first-order valence-electron chi connectivity index (χ1n) is 6.07. The molecule has 4 N–H and O–H groups in total. The number of halogens is 1. The molecule has 3 rings (SSSR count). The maximum atomic E-state index is 13.1. The van der Waals surface area contributed by atoms with Crippen LogP contribution in [0.15, 0.2) is 48.5 Å². The van der Waals surface area contributed by atoms with Gasteiger partial charge in [0.25, 0.3) is 5.91 Å². The van der Waals surface area contributed by atoms with E-state index in [4.69, 9.17) is 5.73 Å². The van der Waals surface area contributed by atoms with Crippen LogP contribution in [0.25, 0.3) is 10.9 Å². The summed E-state index contributed by atoms with van der Waals surface area (Å²) in [6.45, 7) is 0. The Morgan fingerprint density at radius 1 is 1.15 bits per heavy atom. The van der Waals surface area contributed by atoms with E-state index in [-0.39, 0.29) is 5.91 Å². The smallest absolute Gasteiger partial charge is 0.272 e. The Labute approximate surface area is 114 Å². The summed E-state index contributed by atoms with van der Waals surface area (Å²) in [6, 6.07) is 12.8. The van der Waals surface area contributed by atoms with Gasteiger partial charge in [0.05, 0.1) is 0 Å². The van der Waals surface area contributed by atoms with Crippen LogP contribution in [0.3, 0.4) is 0 Å². The molecule has 20 heavy (non-hydrogen) atoms. The lowest BCUT2D eigenvalue weighted by Gasteiger charge is -2.03. The number of anilines is 2. The fraction of sp³-hybridized carbons (Fsp3) is 0. The zero-order valence-corrected chi connectivity index (χ0v) is 10.5. The van der Waals surface area contributed by atoms with Crippen LogP contribution in [0.1, 0.15) is 10.5 Å². The fourth-order valence-electron chi connectivity index (χ4n) is 2.04. The Hall–Kier alpha value is -2.82. The minimum absolute atomic E-state index is 0.328.